The van der Waals surface area contributed by atoms with Crippen LogP contribution in [0, 0.1) is 18.3 Å². The van der Waals surface area contributed by atoms with Crippen molar-refractivity contribution in [3.8, 4) is 11.8 Å². The Hall–Kier alpha value is -4.39. The molecule has 9 nitrogen and oxygen atoms in total. The molecule has 1 N–H and O–H groups in total. The second-order valence-electron chi connectivity index (χ2n) is 9.57. The third kappa shape index (κ3) is 7.17. The minimum absolute atomic E-state index is 0.203. The summed E-state index contributed by atoms with van der Waals surface area (Å²) in [5, 5.41) is 12.0. The van der Waals surface area contributed by atoms with E-state index in [1.165, 1.54) is 7.11 Å². The van der Waals surface area contributed by atoms with Crippen LogP contribution in [0.1, 0.15) is 38.7 Å². The average molecular weight is 543 g/mol. The van der Waals surface area contributed by atoms with Gasteiger partial charge in [0.15, 0.2) is 0 Å². The lowest BCUT2D eigenvalue weighted by Crippen LogP contribution is -2.50. The molecule has 0 bridgehead atoms. The van der Waals surface area contributed by atoms with Gasteiger partial charge in [0, 0.05) is 38.4 Å². The highest BCUT2D eigenvalue weighted by Gasteiger charge is 2.25. The topological polar surface area (TPSA) is 104 Å². The number of amides is 2. The van der Waals surface area contributed by atoms with Gasteiger partial charge in [-0.05, 0) is 60.0 Å². The van der Waals surface area contributed by atoms with Crippen molar-refractivity contribution in [2.75, 3.05) is 52.3 Å². The first-order chi connectivity index (χ1) is 19.4. The zero-order chi connectivity index (χ0) is 28.5. The van der Waals surface area contributed by atoms with Crippen molar-refractivity contribution in [3.05, 3.63) is 94.5 Å². The molecule has 0 unspecified atom stereocenters. The number of methoxy groups -OCH3 is 2. The summed E-state index contributed by atoms with van der Waals surface area (Å²) in [6.07, 6.45) is -0.213. The van der Waals surface area contributed by atoms with E-state index in [4.69, 9.17) is 19.5 Å². The predicted octanol–water partition coefficient (Wildman–Crippen LogP) is 4.77. The van der Waals surface area contributed by atoms with Gasteiger partial charge >= 0.3 is 12.0 Å². The SMILES string of the molecule is COC(=O)c1cccc(NC(=O)N2CCN(C[C@@H](OCc3ccc(C#N)cc3)c3cccc(OC)c3)CC2)c1C. The monoisotopic (exact) mass is 542 g/mol. The van der Waals surface area contributed by atoms with E-state index in [1.807, 2.05) is 36.4 Å². The number of piperazine rings is 1. The molecule has 1 aliphatic rings. The third-order valence-electron chi connectivity index (χ3n) is 7.06. The van der Waals surface area contributed by atoms with Gasteiger partial charge in [-0.25, -0.2) is 9.59 Å². The zero-order valence-corrected chi connectivity index (χ0v) is 23.1. The molecule has 9 heteroatoms. The minimum atomic E-state index is -0.436. The van der Waals surface area contributed by atoms with Crippen LogP contribution in [0.2, 0.25) is 0 Å². The summed E-state index contributed by atoms with van der Waals surface area (Å²) in [7, 11) is 2.98. The van der Waals surface area contributed by atoms with Gasteiger partial charge in [-0.15, -0.1) is 0 Å². The van der Waals surface area contributed by atoms with Crippen molar-refractivity contribution in [2.45, 2.75) is 19.6 Å². The number of nitrogens with one attached hydrogen (secondary N) is 1. The molecule has 0 aromatic heterocycles. The lowest BCUT2D eigenvalue weighted by atomic mass is 10.1. The van der Waals surface area contributed by atoms with Crippen LogP contribution in [0.4, 0.5) is 10.5 Å². The zero-order valence-electron chi connectivity index (χ0n) is 23.1. The Balaban J connectivity index is 1.38. The van der Waals surface area contributed by atoms with Crippen molar-refractivity contribution < 1.29 is 23.8 Å². The molecule has 3 aromatic rings. The Kier molecular flexibility index (Phi) is 9.73. The largest absolute Gasteiger partial charge is 0.497 e. The molecule has 208 valence electrons. The molecule has 1 fully saturated rings. The van der Waals surface area contributed by atoms with Gasteiger partial charge in [0.05, 0.1) is 44.1 Å². The Morgan fingerprint density at radius 3 is 2.40 bits per heavy atom. The molecule has 0 spiro atoms. The van der Waals surface area contributed by atoms with Gasteiger partial charge < -0.3 is 24.4 Å². The summed E-state index contributed by atoms with van der Waals surface area (Å²) in [5.41, 5.74) is 4.29. The molecule has 1 aliphatic heterocycles. The summed E-state index contributed by atoms with van der Waals surface area (Å²) < 4.78 is 16.7. The van der Waals surface area contributed by atoms with E-state index in [0.717, 1.165) is 16.9 Å². The highest BCUT2D eigenvalue weighted by Crippen LogP contribution is 2.26. The van der Waals surface area contributed by atoms with E-state index in [-0.39, 0.29) is 12.1 Å². The van der Waals surface area contributed by atoms with Crippen molar-refractivity contribution in [2.24, 2.45) is 0 Å². The van der Waals surface area contributed by atoms with Gasteiger partial charge in [0.25, 0.3) is 0 Å². The van der Waals surface area contributed by atoms with E-state index < -0.39 is 5.97 Å². The number of hydrogen-bond donors (Lipinski definition) is 1. The first-order valence-corrected chi connectivity index (χ1v) is 13.1. The normalized spacial score (nSPS) is 14.2. The maximum Gasteiger partial charge on any atom is 0.338 e. The quantitative estimate of drug-likeness (QED) is 0.389. The third-order valence-corrected chi connectivity index (χ3v) is 7.06. The standard InChI is InChI=1S/C31H34N4O5/c1-22-27(30(36)39-3)8-5-9-28(22)33-31(37)35-16-14-34(15-17-35)20-29(25-6-4-7-26(18-25)38-2)40-21-24-12-10-23(19-32)11-13-24/h4-13,18,29H,14-17,20-21H2,1-3H3,(H,33,37)/t29-/m1/s1. The number of esters is 1. The lowest BCUT2D eigenvalue weighted by molar-refractivity contribution is 0.00584. The molecule has 2 amide bonds. The number of hydrogen-bond acceptors (Lipinski definition) is 7. The van der Waals surface area contributed by atoms with Crippen LogP contribution in [0.25, 0.3) is 0 Å². The van der Waals surface area contributed by atoms with Crippen molar-refractivity contribution in [3.63, 3.8) is 0 Å². The number of rotatable bonds is 9. The molecule has 0 aliphatic carbocycles. The Morgan fingerprint density at radius 1 is 1.00 bits per heavy atom. The van der Waals surface area contributed by atoms with Crippen LogP contribution in [0.5, 0.6) is 5.75 Å². The summed E-state index contributed by atoms with van der Waals surface area (Å²) in [5.74, 6) is 0.326. The Labute approximate surface area is 234 Å². The van der Waals surface area contributed by atoms with Gasteiger partial charge in [-0.2, -0.15) is 5.26 Å². The molecule has 1 atom stereocenters. The Bertz CT molecular complexity index is 1360. The number of urea groups is 1. The number of nitriles is 1. The fourth-order valence-corrected chi connectivity index (χ4v) is 4.63. The number of ether oxygens (including phenoxy) is 3. The maximum atomic E-state index is 13.0. The molecule has 1 saturated heterocycles. The van der Waals surface area contributed by atoms with Gasteiger partial charge in [-0.1, -0.05) is 30.3 Å². The maximum absolute atomic E-state index is 13.0. The van der Waals surface area contributed by atoms with E-state index in [0.29, 0.717) is 61.7 Å². The van der Waals surface area contributed by atoms with Crippen LogP contribution in [0.3, 0.4) is 0 Å². The van der Waals surface area contributed by atoms with Crippen LogP contribution in [-0.2, 0) is 16.1 Å². The molecule has 40 heavy (non-hydrogen) atoms. The number of carbonyl (C=O) groups is 2. The second-order valence-corrected chi connectivity index (χ2v) is 9.57. The first-order valence-electron chi connectivity index (χ1n) is 13.1. The van der Waals surface area contributed by atoms with Gasteiger partial charge in [0.2, 0.25) is 0 Å². The van der Waals surface area contributed by atoms with Crippen molar-refractivity contribution in [1.82, 2.24) is 9.80 Å². The molecular weight excluding hydrogens is 508 g/mol. The summed E-state index contributed by atoms with van der Waals surface area (Å²) in [6.45, 7) is 5.34. The van der Waals surface area contributed by atoms with Gasteiger partial charge in [-0.3, -0.25) is 4.90 Å². The summed E-state index contributed by atoms with van der Waals surface area (Å²) in [4.78, 5) is 29.1. The number of nitrogens with zero attached hydrogens (tertiary/aromatic N) is 3. The minimum Gasteiger partial charge on any atom is -0.497 e. The fraction of sp³-hybridized carbons (Fsp3) is 0.323. The summed E-state index contributed by atoms with van der Waals surface area (Å²) in [6, 6.07) is 22.4. The number of carbonyl (C=O) groups excluding carboxylic acids is 2. The van der Waals surface area contributed by atoms with Crippen LogP contribution < -0.4 is 10.1 Å². The van der Waals surface area contributed by atoms with Crippen LogP contribution >= 0.6 is 0 Å². The second kappa shape index (κ2) is 13.6. The lowest BCUT2D eigenvalue weighted by Gasteiger charge is -2.36. The molecule has 1 heterocycles. The van der Waals surface area contributed by atoms with E-state index in [2.05, 4.69) is 16.3 Å². The van der Waals surface area contributed by atoms with Crippen molar-refractivity contribution in [1.29, 1.82) is 5.26 Å². The predicted molar refractivity (Wildman–Crippen MR) is 151 cm³/mol. The molecule has 0 radical (unpaired) electrons. The highest BCUT2D eigenvalue weighted by molar-refractivity contribution is 5.96. The van der Waals surface area contributed by atoms with Crippen LogP contribution in [-0.4, -0.2) is 68.7 Å². The van der Waals surface area contributed by atoms with Crippen molar-refractivity contribution >= 4 is 17.7 Å². The smallest absolute Gasteiger partial charge is 0.338 e. The molecular formula is C31H34N4O5. The molecule has 3 aromatic carbocycles. The Morgan fingerprint density at radius 2 is 1.73 bits per heavy atom. The van der Waals surface area contributed by atoms with E-state index in [9.17, 15) is 9.59 Å². The van der Waals surface area contributed by atoms with Gasteiger partial charge in [0.1, 0.15) is 5.75 Å². The van der Waals surface area contributed by atoms with Crippen LogP contribution in [0.15, 0.2) is 66.7 Å². The first kappa shape index (κ1) is 28.6. The average Bonchev–Trinajstić information content (AvgIpc) is 3.00. The van der Waals surface area contributed by atoms with E-state index in [1.54, 1.807) is 49.3 Å². The fourth-order valence-electron chi connectivity index (χ4n) is 4.63. The molecule has 4 rings (SSSR count). The highest BCUT2D eigenvalue weighted by atomic mass is 16.5. The summed E-state index contributed by atoms with van der Waals surface area (Å²) >= 11 is 0. The van der Waals surface area contributed by atoms with E-state index >= 15 is 0 Å². The number of anilines is 1. The molecule has 0 saturated carbocycles. The number of benzene rings is 3.